The first-order valence-electron chi connectivity index (χ1n) is 9.56. The number of halogens is 3. The Morgan fingerprint density at radius 2 is 1.59 bits per heavy atom. The molecule has 0 radical (unpaired) electrons. The molecule has 0 saturated carbocycles. The Balaban J connectivity index is 1.80. The van der Waals surface area contributed by atoms with E-state index in [9.17, 15) is 13.2 Å². The van der Waals surface area contributed by atoms with Crippen LogP contribution in [0.4, 0.5) is 30.6 Å². The van der Waals surface area contributed by atoms with Gasteiger partial charge in [-0.05, 0) is 24.6 Å². The van der Waals surface area contributed by atoms with E-state index in [4.69, 9.17) is 14.2 Å². The van der Waals surface area contributed by atoms with Gasteiger partial charge in [-0.25, -0.2) is 4.98 Å². The van der Waals surface area contributed by atoms with Crippen molar-refractivity contribution in [1.82, 2.24) is 9.97 Å². The molecular weight excluding hydrogens is 425 g/mol. The van der Waals surface area contributed by atoms with Crippen molar-refractivity contribution in [3.63, 3.8) is 0 Å². The maximum Gasteiger partial charge on any atom is 0.416 e. The van der Waals surface area contributed by atoms with Crippen molar-refractivity contribution in [2.24, 2.45) is 0 Å². The van der Waals surface area contributed by atoms with Crippen LogP contribution in [0.1, 0.15) is 16.8 Å². The number of aryl methyl sites for hydroxylation is 1. The van der Waals surface area contributed by atoms with Gasteiger partial charge in [0, 0.05) is 36.1 Å². The molecular formula is C22H23F3N4O3. The first-order valence-corrected chi connectivity index (χ1v) is 9.56. The normalized spacial score (nSPS) is 11.1. The number of ether oxygens (including phenoxy) is 3. The third kappa shape index (κ3) is 5.51. The van der Waals surface area contributed by atoms with Gasteiger partial charge in [0.05, 0.1) is 26.9 Å². The molecule has 0 aliphatic carbocycles. The van der Waals surface area contributed by atoms with Gasteiger partial charge in [-0.3, -0.25) is 0 Å². The predicted molar refractivity (Wildman–Crippen MR) is 115 cm³/mol. The number of rotatable bonds is 8. The summed E-state index contributed by atoms with van der Waals surface area (Å²) in [6, 6.07) is 10.3. The minimum absolute atomic E-state index is 0.171. The van der Waals surface area contributed by atoms with Crippen molar-refractivity contribution in [3.05, 3.63) is 59.3 Å². The zero-order chi connectivity index (χ0) is 23.3. The molecule has 0 spiro atoms. The average Bonchev–Trinajstić information content (AvgIpc) is 2.76. The lowest BCUT2D eigenvalue weighted by atomic mass is 10.1. The molecule has 0 unspecified atom stereocenters. The smallest absolute Gasteiger partial charge is 0.416 e. The van der Waals surface area contributed by atoms with E-state index in [2.05, 4.69) is 20.6 Å². The fourth-order valence-electron chi connectivity index (χ4n) is 3.05. The SMILES string of the molecule is COc1cc(Nc2nc(C)cc(NCc3cccc(C(F)(F)F)c3)n2)cc(OC)c1OC. The molecule has 2 N–H and O–H groups in total. The summed E-state index contributed by atoms with van der Waals surface area (Å²) in [5.74, 6) is 2.14. The van der Waals surface area contributed by atoms with Crippen molar-refractivity contribution in [3.8, 4) is 17.2 Å². The maximum atomic E-state index is 12.9. The molecule has 0 fully saturated rings. The highest BCUT2D eigenvalue weighted by Crippen LogP contribution is 2.40. The summed E-state index contributed by atoms with van der Waals surface area (Å²) in [6.07, 6.45) is -4.39. The van der Waals surface area contributed by atoms with E-state index in [-0.39, 0.29) is 6.54 Å². The fourth-order valence-corrected chi connectivity index (χ4v) is 3.05. The Bertz CT molecular complexity index is 1070. The molecule has 7 nitrogen and oxygen atoms in total. The van der Waals surface area contributed by atoms with Gasteiger partial charge in [-0.1, -0.05) is 12.1 Å². The molecule has 1 heterocycles. The van der Waals surface area contributed by atoms with E-state index < -0.39 is 11.7 Å². The summed E-state index contributed by atoms with van der Waals surface area (Å²) in [5, 5.41) is 6.13. The molecule has 0 amide bonds. The Morgan fingerprint density at radius 3 is 2.19 bits per heavy atom. The first kappa shape index (κ1) is 23.0. The summed E-state index contributed by atoms with van der Waals surface area (Å²) >= 11 is 0. The van der Waals surface area contributed by atoms with Crippen LogP contribution in [0.3, 0.4) is 0 Å². The van der Waals surface area contributed by atoms with Crippen LogP contribution in [0.25, 0.3) is 0 Å². The largest absolute Gasteiger partial charge is 0.493 e. The molecule has 32 heavy (non-hydrogen) atoms. The van der Waals surface area contributed by atoms with Gasteiger partial charge in [0.2, 0.25) is 11.7 Å². The number of benzene rings is 2. The molecule has 0 aliphatic heterocycles. The zero-order valence-corrected chi connectivity index (χ0v) is 18.0. The van der Waals surface area contributed by atoms with Gasteiger partial charge in [0.1, 0.15) is 5.82 Å². The van der Waals surface area contributed by atoms with Gasteiger partial charge >= 0.3 is 6.18 Å². The average molecular weight is 448 g/mol. The molecule has 2 aromatic carbocycles. The second-order valence-corrected chi connectivity index (χ2v) is 6.81. The number of hydrogen-bond acceptors (Lipinski definition) is 7. The van der Waals surface area contributed by atoms with Gasteiger partial charge in [0.25, 0.3) is 0 Å². The lowest BCUT2D eigenvalue weighted by molar-refractivity contribution is -0.137. The molecule has 3 rings (SSSR count). The highest BCUT2D eigenvalue weighted by atomic mass is 19.4. The van der Waals surface area contributed by atoms with Crippen LogP contribution in [-0.4, -0.2) is 31.3 Å². The third-order valence-corrected chi connectivity index (χ3v) is 4.50. The second kappa shape index (κ2) is 9.63. The van der Waals surface area contributed by atoms with E-state index in [0.717, 1.165) is 12.1 Å². The number of alkyl halides is 3. The highest BCUT2D eigenvalue weighted by molar-refractivity contribution is 5.66. The van der Waals surface area contributed by atoms with Crippen LogP contribution in [0, 0.1) is 6.92 Å². The Morgan fingerprint density at radius 1 is 0.906 bits per heavy atom. The Labute approximate surface area is 183 Å². The van der Waals surface area contributed by atoms with Crippen LogP contribution in [0.5, 0.6) is 17.2 Å². The van der Waals surface area contributed by atoms with Crippen molar-refractivity contribution in [2.45, 2.75) is 19.6 Å². The molecule has 0 aliphatic rings. The number of methoxy groups -OCH3 is 3. The fraction of sp³-hybridized carbons (Fsp3) is 0.273. The van der Waals surface area contributed by atoms with Gasteiger partial charge in [-0.15, -0.1) is 0 Å². The van der Waals surface area contributed by atoms with Crippen molar-refractivity contribution in [2.75, 3.05) is 32.0 Å². The second-order valence-electron chi connectivity index (χ2n) is 6.81. The minimum atomic E-state index is -4.39. The molecule has 170 valence electrons. The molecule has 1 aromatic heterocycles. The summed E-state index contributed by atoms with van der Waals surface area (Å²) in [7, 11) is 4.54. The number of nitrogens with one attached hydrogen (secondary N) is 2. The first-order chi connectivity index (χ1) is 15.2. The van der Waals surface area contributed by atoms with Crippen molar-refractivity contribution in [1.29, 1.82) is 0 Å². The van der Waals surface area contributed by atoms with E-state index in [1.165, 1.54) is 27.4 Å². The highest BCUT2D eigenvalue weighted by Gasteiger charge is 2.30. The lowest BCUT2D eigenvalue weighted by Gasteiger charge is -2.15. The summed E-state index contributed by atoms with van der Waals surface area (Å²) in [4.78, 5) is 8.76. The van der Waals surface area contributed by atoms with Crippen molar-refractivity contribution < 1.29 is 27.4 Å². The standard InChI is InChI=1S/C22H23F3N4O3/c1-13-8-19(26-12-14-6-5-7-15(9-14)22(23,24)25)29-21(27-13)28-16-10-17(30-2)20(32-4)18(11-16)31-3/h5-11H,12H2,1-4H3,(H2,26,27,28,29). The Kier molecular flexibility index (Phi) is 6.92. The summed E-state index contributed by atoms with van der Waals surface area (Å²) < 4.78 is 54.8. The van der Waals surface area contributed by atoms with Crippen LogP contribution in [0.2, 0.25) is 0 Å². The Hall–Kier alpha value is -3.69. The number of aromatic nitrogens is 2. The van der Waals surface area contributed by atoms with E-state index >= 15 is 0 Å². The minimum Gasteiger partial charge on any atom is -0.493 e. The summed E-state index contributed by atoms with van der Waals surface area (Å²) in [5.41, 5.74) is 1.06. The van der Waals surface area contributed by atoms with E-state index in [1.54, 1.807) is 31.2 Å². The van der Waals surface area contributed by atoms with E-state index in [1.807, 2.05) is 0 Å². The quantitative estimate of drug-likeness (QED) is 0.491. The molecule has 3 aromatic rings. The third-order valence-electron chi connectivity index (χ3n) is 4.50. The lowest BCUT2D eigenvalue weighted by Crippen LogP contribution is -2.08. The molecule has 10 heteroatoms. The van der Waals surface area contributed by atoms with Crippen LogP contribution < -0.4 is 24.8 Å². The maximum absolute atomic E-state index is 12.9. The zero-order valence-electron chi connectivity index (χ0n) is 18.0. The van der Waals surface area contributed by atoms with Gasteiger partial charge < -0.3 is 24.8 Å². The van der Waals surface area contributed by atoms with Gasteiger partial charge in [0.15, 0.2) is 11.5 Å². The molecule has 0 saturated heterocycles. The van der Waals surface area contributed by atoms with E-state index in [0.29, 0.717) is 46.0 Å². The molecule has 0 bridgehead atoms. The topological polar surface area (TPSA) is 77.5 Å². The number of hydrogen-bond donors (Lipinski definition) is 2. The predicted octanol–water partition coefficient (Wildman–Crippen LogP) is 5.19. The van der Waals surface area contributed by atoms with Crippen LogP contribution in [0.15, 0.2) is 42.5 Å². The monoisotopic (exact) mass is 448 g/mol. The summed E-state index contributed by atoms with van der Waals surface area (Å²) in [6.45, 7) is 1.96. The van der Waals surface area contributed by atoms with Crippen LogP contribution in [-0.2, 0) is 12.7 Å². The van der Waals surface area contributed by atoms with Crippen molar-refractivity contribution >= 4 is 17.5 Å². The van der Waals surface area contributed by atoms with Crippen LogP contribution >= 0.6 is 0 Å². The van der Waals surface area contributed by atoms with Gasteiger partial charge in [-0.2, -0.15) is 18.2 Å². The molecule has 0 atom stereocenters. The number of anilines is 3. The number of nitrogens with zero attached hydrogens (tertiary/aromatic N) is 2.